The first-order valence-corrected chi connectivity index (χ1v) is 5.14. The summed E-state index contributed by atoms with van der Waals surface area (Å²) >= 11 is 0. The minimum absolute atomic E-state index is 0.638. The molecule has 16 heavy (non-hydrogen) atoms. The Balaban J connectivity index is 2.72. The predicted molar refractivity (Wildman–Crippen MR) is 64.8 cm³/mol. The van der Waals surface area contributed by atoms with Crippen molar-refractivity contribution in [3.63, 3.8) is 0 Å². The summed E-state index contributed by atoms with van der Waals surface area (Å²) < 4.78 is 5.12. The first-order valence-electron chi connectivity index (χ1n) is 5.14. The molecule has 4 heteroatoms. The number of hydrogen-bond donors (Lipinski definition) is 1. The number of benzene rings is 1. The average molecular weight is 219 g/mol. The van der Waals surface area contributed by atoms with Crippen LogP contribution in [0.3, 0.4) is 0 Å². The van der Waals surface area contributed by atoms with Crippen LogP contribution in [0.1, 0.15) is 5.56 Å². The van der Waals surface area contributed by atoms with Gasteiger partial charge in [0.25, 0.3) is 0 Å². The second-order valence-electron chi connectivity index (χ2n) is 3.75. The van der Waals surface area contributed by atoms with E-state index in [1.165, 1.54) is 0 Å². The topological polar surface area (TPSA) is 48.3 Å². The van der Waals surface area contributed by atoms with E-state index in [9.17, 15) is 0 Å². The van der Waals surface area contributed by atoms with Gasteiger partial charge < -0.3 is 15.0 Å². The fourth-order valence-corrected chi connectivity index (χ4v) is 1.31. The molecule has 0 bridgehead atoms. The Morgan fingerprint density at radius 3 is 2.75 bits per heavy atom. The van der Waals surface area contributed by atoms with Crippen LogP contribution in [0.25, 0.3) is 0 Å². The van der Waals surface area contributed by atoms with Crippen molar-refractivity contribution < 1.29 is 4.74 Å². The number of hydrogen-bond acceptors (Lipinski definition) is 4. The molecule has 0 aromatic heterocycles. The number of nitrogens with zero attached hydrogens (tertiary/aromatic N) is 2. The van der Waals surface area contributed by atoms with E-state index in [2.05, 4.69) is 16.3 Å². The van der Waals surface area contributed by atoms with E-state index in [0.717, 1.165) is 24.5 Å². The molecule has 0 unspecified atom stereocenters. The Morgan fingerprint density at radius 1 is 1.44 bits per heavy atom. The van der Waals surface area contributed by atoms with Crippen LogP contribution in [0.2, 0.25) is 0 Å². The van der Waals surface area contributed by atoms with Crippen molar-refractivity contribution in [3.05, 3.63) is 23.8 Å². The van der Waals surface area contributed by atoms with Gasteiger partial charge in [-0.1, -0.05) is 0 Å². The highest BCUT2D eigenvalue weighted by Gasteiger charge is 2.03. The lowest BCUT2D eigenvalue weighted by Gasteiger charge is -2.13. The molecule has 1 rings (SSSR count). The van der Waals surface area contributed by atoms with E-state index >= 15 is 0 Å². The normalized spacial score (nSPS) is 9.94. The lowest BCUT2D eigenvalue weighted by Crippen LogP contribution is -2.21. The maximum absolute atomic E-state index is 8.95. The number of nitriles is 1. The monoisotopic (exact) mass is 219 g/mol. The molecule has 0 aliphatic rings. The predicted octanol–water partition coefficient (Wildman–Crippen LogP) is 1.54. The van der Waals surface area contributed by atoms with Gasteiger partial charge in [0.2, 0.25) is 0 Å². The van der Waals surface area contributed by atoms with Crippen LogP contribution in [-0.4, -0.2) is 39.2 Å². The summed E-state index contributed by atoms with van der Waals surface area (Å²) in [5.41, 5.74) is 1.46. The van der Waals surface area contributed by atoms with Gasteiger partial charge in [-0.05, 0) is 26.2 Å². The molecule has 0 amide bonds. The third-order valence-corrected chi connectivity index (χ3v) is 2.22. The standard InChI is InChI=1S/C12H17N3O/c1-15(2)7-6-14-12-8-11(16-3)5-4-10(12)9-13/h4-5,8,14H,6-7H2,1-3H3. The number of nitrogens with one attached hydrogen (secondary N) is 1. The van der Waals surface area contributed by atoms with Gasteiger partial charge in [0.1, 0.15) is 11.8 Å². The van der Waals surface area contributed by atoms with Gasteiger partial charge in [0.05, 0.1) is 18.4 Å². The van der Waals surface area contributed by atoms with E-state index in [-0.39, 0.29) is 0 Å². The number of methoxy groups -OCH3 is 1. The van der Waals surface area contributed by atoms with Crippen LogP contribution in [0.5, 0.6) is 5.75 Å². The van der Waals surface area contributed by atoms with Crippen molar-refractivity contribution in [3.8, 4) is 11.8 Å². The molecule has 0 aliphatic carbocycles. The minimum Gasteiger partial charge on any atom is -0.497 e. The van der Waals surface area contributed by atoms with Crippen LogP contribution >= 0.6 is 0 Å². The lowest BCUT2D eigenvalue weighted by molar-refractivity contribution is 0.414. The molecule has 86 valence electrons. The van der Waals surface area contributed by atoms with Crippen molar-refractivity contribution in [2.24, 2.45) is 0 Å². The molecule has 0 spiro atoms. The van der Waals surface area contributed by atoms with Gasteiger partial charge in [-0.15, -0.1) is 0 Å². The average Bonchev–Trinajstić information content (AvgIpc) is 2.28. The molecular formula is C12H17N3O. The number of likely N-dealkylation sites (N-methyl/N-ethyl adjacent to an activating group) is 1. The summed E-state index contributed by atoms with van der Waals surface area (Å²) in [6.45, 7) is 1.72. The van der Waals surface area contributed by atoms with Crippen molar-refractivity contribution in [2.75, 3.05) is 39.6 Å². The maximum Gasteiger partial charge on any atom is 0.121 e. The lowest BCUT2D eigenvalue weighted by atomic mass is 10.2. The van der Waals surface area contributed by atoms with E-state index in [4.69, 9.17) is 10.00 Å². The highest BCUT2D eigenvalue weighted by molar-refractivity contribution is 5.60. The Bertz CT molecular complexity index is 382. The summed E-state index contributed by atoms with van der Waals surface area (Å²) in [7, 11) is 5.64. The van der Waals surface area contributed by atoms with Crippen LogP contribution < -0.4 is 10.1 Å². The van der Waals surface area contributed by atoms with E-state index in [1.807, 2.05) is 20.2 Å². The van der Waals surface area contributed by atoms with Crippen LogP contribution in [0.15, 0.2) is 18.2 Å². The van der Waals surface area contributed by atoms with Crippen molar-refractivity contribution in [1.29, 1.82) is 5.26 Å². The van der Waals surface area contributed by atoms with Gasteiger partial charge in [-0.2, -0.15) is 5.26 Å². The van der Waals surface area contributed by atoms with Gasteiger partial charge in [-0.25, -0.2) is 0 Å². The molecule has 1 N–H and O–H groups in total. The summed E-state index contributed by atoms with van der Waals surface area (Å²) in [4.78, 5) is 2.08. The summed E-state index contributed by atoms with van der Waals surface area (Å²) in [5, 5.41) is 12.2. The minimum atomic E-state index is 0.638. The zero-order chi connectivity index (χ0) is 12.0. The number of ether oxygens (including phenoxy) is 1. The molecule has 0 heterocycles. The number of anilines is 1. The van der Waals surface area contributed by atoms with Crippen molar-refractivity contribution in [2.45, 2.75) is 0 Å². The van der Waals surface area contributed by atoms with Crippen molar-refractivity contribution >= 4 is 5.69 Å². The van der Waals surface area contributed by atoms with Crippen LogP contribution in [0, 0.1) is 11.3 Å². The third-order valence-electron chi connectivity index (χ3n) is 2.22. The molecule has 0 aliphatic heterocycles. The highest BCUT2D eigenvalue weighted by atomic mass is 16.5. The largest absolute Gasteiger partial charge is 0.497 e. The van der Waals surface area contributed by atoms with Crippen LogP contribution in [0.4, 0.5) is 5.69 Å². The SMILES string of the molecule is COc1ccc(C#N)c(NCCN(C)C)c1. The molecule has 0 atom stereocenters. The van der Waals surface area contributed by atoms with E-state index < -0.39 is 0 Å². The Labute approximate surface area is 96.4 Å². The molecule has 0 fully saturated rings. The quantitative estimate of drug-likeness (QED) is 0.816. The fraction of sp³-hybridized carbons (Fsp3) is 0.417. The zero-order valence-electron chi connectivity index (χ0n) is 9.95. The molecule has 0 saturated heterocycles. The zero-order valence-corrected chi connectivity index (χ0v) is 9.95. The Hall–Kier alpha value is -1.73. The molecule has 1 aromatic carbocycles. The highest BCUT2D eigenvalue weighted by Crippen LogP contribution is 2.21. The van der Waals surface area contributed by atoms with Crippen LogP contribution in [-0.2, 0) is 0 Å². The second kappa shape index (κ2) is 5.99. The summed E-state index contributed by atoms with van der Waals surface area (Å²) in [5.74, 6) is 0.756. The summed E-state index contributed by atoms with van der Waals surface area (Å²) in [6, 6.07) is 7.54. The van der Waals surface area contributed by atoms with E-state index in [0.29, 0.717) is 5.56 Å². The first-order chi connectivity index (χ1) is 7.67. The molecule has 0 saturated carbocycles. The molecule has 0 radical (unpaired) electrons. The van der Waals surface area contributed by atoms with E-state index in [1.54, 1.807) is 19.2 Å². The fourth-order valence-electron chi connectivity index (χ4n) is 1.31. The Morgan fingerprint density at radius 2 is 2.19 bits per heavy atom. The third kappa shape index (κ3) is 3.44. The second-order valence-corrected chi connectivity index (χ2v) is 3.75. The van der Waals surface area contributed by atoms with Gasteiger partial charge >= 0.3 is 0 Å². The molecule has 4 nitrogen and oxygen atoms in total. The molecule has 1 aromatic rings. The van der Waals surface area contributed by atoms with Gasteiger partial charge in [0.15, 0.2) is 0 Å². The van der Waals surface area contributed by atoms with Gasteiger partial charge in [-0.3, -0.25) is 0 Å². The summed E-state index contributed by atoms with van der Waals surface area (Å²) in [6.07, 6.45) is 0. The number of rotatable bonds is 5. The smallest absolute Gasteiger partial charge is 0.121 e. The maximum atomic E-state index is 8.95. The van der Waals surface area contributed by atoms with Crippen molar-refractivity contribution in [1.82, 2.24) is 4.90 Å². The van der Waals surface area contributed by atoms with Gasteiger partial charge in [0, 0.05) is 19.2 Å². The Kier molecular flexibility index (Phi) is 4.62. The first kappa shape index (κ1) is 12.3. The molecular weight excluding hydrogens is 202 g/mol.